The van der Waals surface area contributed by atoms with Gasteiger partial charge in [-0.3, -0.25) is 20.7 Å². The van der Waals surface area contributed by atoms with Gasteiger partial charge in [0.25, 0.3) is 0 Å². The maximum Gasteiger partial charge on any atom is 0.225 e. The van der Waals surface area contributed by atoms with Gasteiger partial charge in [0.05, 0.1) is 6.10 Å². The molecule has 0 aromatic heterocycles. The van der Waals surface area contributed by atoms with Crippen molar-refractivity contribution >= 4 is 5.91 Å². The fourth-order valence-electron chi connectivity index (χ4n) is 6.61. The SMILES string of the molecule is COC1CCC(C2CNC(NC3CCC(C(=O)N(C)CCC4CCCCN4)CC3)NC2)CC1. The van der Waals surface area contributed by atoms with Gasteiger partial charge in [0.2, 0.25) is 5.91 Å². The van der Waals surface area contributed by atoms with Gasteiger partial charge < -0.3 is 15.0 Å². The van der Waals surface area contributed by atoms with E-state index in [-0.39, 0.29) is 12.2 Å². The van der Waals surface area contributed by atoms with E-state index in [1.807, 2.05) is 19.1 Å². The molecule has 0 bridgehead atoms. The van der Waals surface area contributed by atoms with Crippen LogP contribution in [0.5, 0.6) is 0 Å². The molecule has 2 heterocycles. The van der Waals surface area contributed by atoms with Gasteiger partial charge >= 0.3 is 0 Å². The quantitative estimate of drug-likeness (QED) is 0.443. The highest BCUT2D eigenvalue weighted by atomic mass is 16.5. The van der Waals surface area contributed by atoms with Crippen molar-refractivity contribution in [2.75, 3.05) is 40.3 Å². The number of piperidine rings is 1. The minimum Gasteiger partial charge on any atom is -0.381 e. The number of amides is 1. The second-order valence-electron chi connectivity index (χ2n) is 11.2. The first-order valence-electron chi connectivity index (χ1n) is 13.9. The van der Waals surface area contributed by atoms with Gasteiger partial charge in [0, 0.05) is 51.8 Å². The Labute approximate surface area is 201 Å². The Hall–Kier alpha value is -0.730. The molecule has 0 spiro atoms. The summed E-state index contributed by atoms with van der Waals surface area (Å²) in [6.07, 6.45) is 14.9. The zero-order valence-corrected chi connectivity index (χ0v) is 21.1. The summed E-state index contributed by atoms with van der Waals surface area (Å²) >= 11 is 0. The number of ether oxygens (including phenoxy) is 1. The van der Waals surface area contributed by atoms with Crippen molar-refractivity contribution in [1.29, 1.82) is 0 Å². The summed E-state index contributed by atoms with van der Waals surface area (Å²) < 4.78 is 5.53. The highest BCUT2D eigenvalue weighted by Crippen LogP contribution is 2.32. The van der Waals surface area contributed by atoms with Crippen molar-refractivity contribution in [3.63, 3.8) is 0 Å². The molecule has 2 aliphatic heterocycles. The number of nitrogens with zero attached hydrogens (tertiary/aromatic N) is 1. The summed E-state index contributed by atoms with van der Waals surface area (Å²) in [5.41, 5.74) is 0. The average Bonchev–Trinajstić information content (AvgIpc) is 2.88. The predicted octanol–water partition coefficient (Wildman–Crippen LogP) is 2.42. The fourth-order valence-corrected chi connectivity index (χ4v) is 6.61. The molecule has 1 unspecified atom stereocenters. The number of nitrogens with one attached hydrogen (secondary N) is 4. The van der Waals surface area contributed by atoms with Crippen LogP contribution in [0.25, 0.3) is 0 Å². The Balaban J connectivity index is 1.10. The van der Waals surface area contributed by atoms with Crippen LogP contribution < -0.4 is 21.3 Å². The summed E-state index contributed by atoms with van der Waals surface area (Å²) in [6.45, 7) is 4.22. The average molecular weight is 464 g/mol. The topological polar surface area (TPSA) is 77.7 Å². The van der Waals surface area contributed by atoms with Crippen molar-refractivity contribution in [3.05, 3.63) is 0 Å². The molecule has 1 atom stereocenters. The monoisotopic (exact) mass is 463 g/mol. The van der Waals surface area contributed by atoms with Crippen LogP contribution in [0, 0.1) is 17.8 Å². The molecule has 4 rings (SSSR count). The van der Waals surface area contributed by atoms with Crippen LogP contribution in [0.4, 0.5) is 0 Å². The zero-order valence-electron chi connectivity index (χ0n) is 21.1. The van der Waals surface area contributed by atoms with Crippen LogP contribution in [0.15, 0.2) is 0 Å². The largest absolute Gasteiger partial charge is 0.381 e. The van der Waals surface area contributed by atoms with E-state index in [0.29, 0.717) is 24.1 Å². The molecule has 33 heavy (non-hydrogen) atoms. The molecule has 4 N–H and O–H groups in total. The molecule has 2 aliphatic carbocycles. The Morgan fingerprint density at radius 2 is 1.64 bits per heavy atom. The number of rotatable bonds is 8. The van der Waals surface area contributed by atoms with E-state index >= 15 is 0 Å². The smallest absolute Gasteiger partial charge is 0.225 e. The third kappa shape index (κ3) is 7.38. The Morgan fingerprint density at radius 1 is 0.909 bits per heavy atom. The molecule has 1 amide bonds. The maximum atomic E-state index is 12.9. The summed E-state index contributed by atoms with van der Waals surface area (Å²) in [5, 5.41) is 14.8. The summed E-state index contributed by atoms with van der Waals surface area (Å²) in [4.78, 5) is 14.9. The molecule has 0 aromatic rings. The molecule has 0 radical (unpaired) electrons. The lowest BCUT2D eigenvalue weighted by Gasteiger charge is -2.40. The molecule has 0 aromatic carbocycles. The molecule has 4 fully saturated rings. The molecule has 190 valence electrons. The second kappa shape index (κ2) is 12.8. The molecule has 2 saturated heterocycles. The van der Waals surface area contributed by atoms with E-state index in [2.05, 4.69) is 21.3 Å². The minimum absolute atomic E-state index is 0.208. The van der Waals surface area contributed by atoms with Crippen LogP contribution >= 0.6 is 0 Å². The predicted molar refractivity (Wildman–Crippen MR) is 133 cm³/mol. The van der Waals surface area contributed by atoms with E-state index in [1.54, 1.807) is 0 Å². The Bertz CT molecular complexity index is 575. The first kappa shape index (κ1) is 25.4. The number of hydrogen-bond donors (Lipinski definition) is 4. The Kier molecular flexibility index (Phi) is 9.86. The summed E-state index contributed by atoms with van der Waals surface area (Å²) in [6, 6.07) is 1.11. The summed E-state index contributed by atoms with van der Waals surface area (Å²) in [7, 11) is 3.85. The molecule has 7 nitrogen and oxygen atoms in total. The van der Waals surface area contributed by atoms with Crippen molar-refractivity contribution in [2.24, 2.45) is 17.8 Å². The van der Waals surface area contributed by atoms with Crippen molar-refractivity contribution in [2.45, 2.75) is 102 Å². The van der Waals surface area contributed by atoms with Crippen LogP contribution in [0.3, 0.4) is 0 Å². The second-order valence-corrected chi connectivity index (χ2v) is 11.2. The summed E-state index contributed by atoms with van der Waals surface area (Å²) in [5.74, 6) is 2.13. The number of carbonyl (C=O) groups is 1. The molecular formula is C26H49N5O2. The minimum atomic E-state index is 0.208. The van der Waals surface area contributed by atoms with Gasteiger partial charge in [-0.1, -0.05) is 6.42 Å². The lowest BCUT2D eigenvalue weighted by molar-refractivity contribution is -0.135. The number of methoxy groups -OCH3 is 1. The van der Waals surface area contributed by atoms with Crippen molar-refractivity contribution < 1.29 is 9.53 Å². The van der Waals surface area contributed by atoms with E-state index in [0.717, 1.165) is 70.1 Å². The highest BCUT2D eigenvalue weighted by Gasteiger charge is 2.33. The van der Waals surface area contributed by atoms with Crippen LogP contribution in [-0.2, 0) is 9.53 Å². The molecular weight excluding hydrogens is 414 g/mol. The van der Waals surface area contributed by atoms with Crippen LogP contribution in [-0.4, -0.2) is 75.6 Å². The number of hydrogen-bond acceptors (Lipinski definition) is 6. The maximum absolute atomic E-state index is 12.9. The van der Waals surface area contributed by atoms with Gasteiger partial charge in [-0.25, -0.2) is 0 Å². The third-order valence-corrected chi connectivity index (χ3v) is 8.97. The molecule has 4 aliphatic rings. The standard InChI is InChI=1S/C26H49N5O2/c1-31(16-14-22-5-3-4-15-27-22)25(32)20-6-10-23(11-7-20)30-26-28-17-21(18-29-26)19-8-12-24(33-2)13-9-19/h19-24,26-30H,3-18H2,1-2H3. The van der Waals surface area contributed by atoms with Crippen molar-refractivity contribution in [3.8, 4) is 0 Å². The first-order chi connectivity index (χ1) is 16.1. The molecule has 7 heteroatoms. The van der Waals surface area contributed by atoms with E-state index < -0.39 is 0 Å². The zero-order chi connectivity index (χ0) is 23.0. The van der Waals surface area contributed by atoms with E-state index in [9.17, 15) is 4.79 Å². The Morgan fingerprint density at radius 3 is 2.27 bits per heavy atom. The fraction of sp³-hybridized carbons (Fsp3) is 0.962. The third-order valence-electron chi connectivity index (χ3n) is 8.97. The number of carbonyl (C=O) groups excluding carboxylic acids is 1. The van der Waals surface area contributed by atoms with Gasteiger partial charge in [0.15, 0.2) is 0 Å². The lowest BCUT2D eigenvalue weighted by Crippen LogP contribution is -2.63. The highest BCUT2D eigenvalue weighted by molar-refractivity contribution is 5.78. The molecule has 2 saturated carbocycles. The van der Waals surface area contributed by atoms with Crippen molar-refractivity contribution in [1.82, 2.24) is 26.2 Å². The van der Waals surface area contributed by atoms with Gasteiger partial charge in [-0.2, -0.15) is 0 Å². The van der Waals surface area contributed by atoms with Crippen LogP contribution in [0.2, 0.25) is 0 Å². The first-order valence-corrected chi connectivity index (χ1v) is 13.9. The van der Waals surface area contributed by atoms with E-state index in [1.165, 1.54) is 44.9 Å². The lowest BCUT2D eigenvalue weighted by atomic mass is 9.78. The van der Waals surface area contributed by atoms with Crippen LogP contribution in [0.1, 0.15) is 77.0 Å². The van der Waals surface area contributed by atoms with Gasteiger partial charge in [-0.05, 0) is 89.0 Å². The van der Waals surface area contributed by atoms with Gasteiger partial charge in [0.1, 0.15) is 6.29 Å². The van der Waals surface area contributed by atoms with Gasteiger partial charge in [-0.15, -0.1) is 0 Å². The normalized spacial score (nSPS) is 38.1. The van der Waals surface area contributed by atoms with E-state index in [4.69, 9.17) is 4.74 Å².